The van der Waals surface area contributed by atoms with Gasteiger partial charge in [-0.25, -0.2) is 4.98 Å². The zero-order valence-corrected chi connectivity index (χ0v) is 17.3. The molecular formula is C23H27N5O2. The Morgan fingerprint density at radius 3 is 2.50 bits per heavy atom. The summed E-state index contributed by atoms with van der Waals surface area (Å²) < 4.78 is 0. The van der Waals surface area contributed by atoms with Gasteiger partial charge in [-0.3, -0.25) is 14.6 Å². The molecule has 0 bridgehead atoms. The third-order valence-corrected chi connectivity index (χ3v) is 6.35. The van der Waals surface area contributed by atoms with Crippen LogP contribution >= 0.6 is 0 Å². The quantitative estimate of drug-likeness (QED) is 0.844. The SMILES string of the molecule is Cc1cnc(N2CCN(C(=O)c3ccc(C4CCNC4=O)nc3)CC2)c(C2CC2)c1. The first-order valence-corrected chi connectivity index (χ1v) is 10.8. The van der Waals surface area contributed by atoms with Gasteiger partial charge in [-0.05, 0) is 55.4 Å². The fourth-order valence-corrected chi connectivity index (χ4v) is 4.46. The summed E-state index contributed by atoms with van der Waals surface area (Å²) in [5, 5.41) is 2.83. The highest BCUT2D eigenvalue weighted by Gasteiger charge is 2.31. The maximum absolute atomic E-state index is 12.9. The van der Waals surface area contributed by atoms with E-state index in [0.29, 0.717) is 31.1 Å². The summed E-state index contributed by atoms with van der Waals surface area (Å²) in [6.45, 7) is 5.70. The number of aryl methyl sites for hydroxylation is 1. The molecule has 5 rings (SSSR count). The lowest BCUT2D eigenvalue weighted by Crippen LogP contribution is -2.49. The maximum Gasteiger partial charge on any atom is 0.255 e. The lowest BCUT2D eigenvalue weighted by molar-refractivity contribution is -0.120. The number of amides is 2. The summed E-state index contributed by atoms with van der Waals surface area (Å²) >= 11 is 0. The van der Waals surface area contributed by atoms with Crippen molar-refractivity contribution in [2.24, 2.45) is 0 Å². The zero-order valence-electron chi connectivity index (χ0n) is 17.3. The van der Waals surface area contributed by atoms with Gasteiger partial charge in [0.2, 0.25) is 5.91 Å². The Labute approximate surface area is 176 Å². The van der Waals surface area contributed by atoms with Crippen LogP contribution in [-0.2, 0) is 4.79 Å². The maximum atomic E-state index is 12.9. The summed E-state index contributed by atoms with van der Waals surface area (Å²) in [6, 6.07) is 5.89. The number of carbonyl (C=O) groups excluding carboxylic acids is 2. The Kier molecular flexibility index (Phi) is 4.89. The van der Waals surface area contributed by atoms with Gasteiger partial charge in [0.25, 0.3) is 5.91 Å². The predicted molar refractivity (Wildman–Crippen MR) is 114 cm³/mol. The number of anilines is 1. The highest BCUT2D eigenvalue weighted by molar-refractivity contribution is 5.94. The first-order valence-electron chi connectivity index (χ1n) is 10.8. The third-order valence-electron chi connectivity index (χ3n) is 6.35. The van der Waals surface area contributed by atoms with E-state index in [-0.39, 0.29) is 17.7 Å². The lowest BCUT2D eigenvalue weighted by Gasteiger charge is -2.36. The first-order chi connectivity index (χ1) is 14.6. The molecule has 2 amide bonds. The van der Waals surface area contributed by atoms with Crippen LogP contribution in [0.5, 0.6) is 0 Å². The van der Waals surface area contributed by atoms with Crippen LogP contribution in [0.15, 0.2) is 30.6 Å². The molecule has 30 heavy (non-hydrogen) atoms. The second-order valence-electron chi connectivity index (χ2n) is 8.58. The normalized spacial score (nSPS) is 21.6. The van der Waals surface area contributed by atoms with Gasteiger partial charge >= 0.3 is 0 Å². The van der Waals surface area contributed by atoms with Crippen LogP contribution in [0.1, 0.15) is 58.3 Å². The van der Waals surface area contributed by atoms with E-state index < -0.39 is 0 Å². The molecule has 4 heterocycles. The Hall–Kier alpha value is -2.96. The van der Waals surface area contributed by atoms with Crippen molar-refractivity contribution in [3.8, 4) is 0 Å². The van der Waals surface area contributed by atoms with E-state index in [1.807, 2.05) is 17.2 Å². The number of nitrogens with one attached hydrogen (secondary N) is 1. The van der Waals surface area contributed by atoms with E-state index in [4.69, 9.17) is 4.98 Å². The van der Waals surface area contributed by atoms with Gasteiger partial charge in [0.05, 0.1) is 17.2 Å². The van der Waals surface area contributed by atoms with Crippen molar-refractivity contribution in [2.75, 3.05) is 37.6 Å². The number of pyridine rings is 2. The fraction of sp³-hybridized carbons (Fsp3) is 0.478. The molecule has 0 radical (unpaired) electrons. The monoisotopic (exact) mass is 405 g/mol. The molecule has 1 aliphatic carbocycles. The second-order valence-corrected chi connectivity index (χ2v) is 8.58. The molecule has 1 atom stereocenters. The number of rotatable bonds is 4. The van der Waals surface area contributed by atoms with Crippen molar-refractivity contribution in [2.45, 2.75) is 38.0 Å². The van der Waals surface area contributed by atoms with Crippen LogP contribution in [0.25, 0.3) is 0 Å². The smallest absolute Gasteiger partial charge is 0.255 e. The Bertz CT molecular complexity index is 962. The van der Waals surface area contributed by atoms with Gasteiger partial charge in [-0.15, -0.1) is 0 Å². The molecular weight excluding hydrogens is 378 g/mol. The lowest BCUT2D eigenvalue weighted by atomic mass is 10.0. The largest absolute Gasteiger partial charge is 0.355 e. The van der Waals surface area contributed by atoms with Crippen LogP contribution in [0.3, 0.4) is 0 Å². The molecule has 0 spiro atoms. The van der Waals surface area contributed by atoms with Crippen molar-refractivity contribution in [3.63, 3.8) is 0 Å². The van der Waals surface area contributed by atoms with Crippen LogP contribution in [0.4, 0.5) is 5.82 Å². The van der Waals surface area contributed by atoms with E-state index >= 15 is 0 Å². The number of carbonyl (C=O) groups is 2. The average Bonchev–Trinajstić information content (AvgIpc) is 3.54. The number of nitrogens with zero attached hydrogens (tertiary/aromatic N) is 4. The highest BCUT2D eigenvalue weighted by Crippen LogP contribution is 2.44. The summed E-state index contributed by atoms with van der Waals surface area (Å²) in [5.41, 5.74) is 3.90. The molecule has 2 saturated heterocycles. The zero-order chi connectivity index (χ0) is 20.7. The standard InChI is InChI=1S/C23H27N5O2/c1-15-12-19(16-2-3-16)21(26-13-15)27-8-10-28(11-9-27)23(30)17-4-5-20(25-14-17)18-6-7-24-22(18)29/h4-5,12-14,16,18H,2-3,6-11H2,1H3,(H,24,29). The van der Waals surface area contributed by atoms with E-state index in [0.717, 1.165) is 31.0 Å². The van der Waals surface area contributed by atoms with Crippen LogP contribution < -0.4 is 10.2 Å². The van der Waals surface area contributed by atoms with Gasteiger partial charge in [-0.2, -0.15) is 0 Å². The summed E-state index contributed by atoms with van der Waals surface area (Å²) in [6.07, 6.45) is 6.82. The highest BCUT2D eigenvalue weighted by atomic mass is 16.2. The molecule has 3 aliphatic rings. The molecule has 1 unspecified atom stereocenters. The van der Waals surface area contributed by atoms with E-state index in [1.165, 1.54) is 24.0 Å². The number of piperazine rings is 1. The van der Waals surface area contributed by atoms with Gasteiger partial charge in [0.15, 0.2) is 0 Å². The Balaban J connectivity index is 1.24. The molecule has 0 aromatic carbocycles. The molecule has 1 N–H and O–H groups in total. The van der Waals surface area contributed by atoms with Crippen LogP contribution in [-0.4, -0.2) is 59.4 Å². The van der Waals surface area contributed by atoms with E-state index in [9.17, 15) is 9.59 Å². The molecule has 156 valence electrons. The molecule has 7 heteroatoms. The number of aromatic nitrogens is 2. The van der Waals surface area contributed by atoms with Gasteiger partial charge in [-0.1, -0.05) is 6.07 Å². The molecule has 2 aromatic heterocycles. The Morgan fingerprint density at radius 1 is 1.07 bits per heavy atom. The second kappa shape index (κ2) is 7.70. The molecule has 7 nitrogen and oxygen atoms in total. The van der Waals surface area contributed by atoms with Gasteiger partial charge in [0.1, 0.15) is 5.82 Å². The van der Waals surface area contributed by atoms with E-state index in [2.05, 4.69) is 28.2 Å². The minimum atomic E-state index is -0.194. The minimum Gasteiger partial charge on any atom is -0.355 e. The van der Waals surface area contributed by atoms with Crippen molar-refractivity contribution < 1.29 is 9.59 Å². The number of hydrogen-bond acceptors (Lipinski definition) is 5. The minimum absolute atomic E-state index is 0.00357. The average molecular weight is 406 g/mol. The summed E-state index contributed by atoms with van der Waals surface area (Å²) in [5.74, 6) is 1.58. The van der Waals surface area contributed by atoms with E-state index in [1.54, 1.807) is 12.3 Å². The fourth-order valence-electron chi connectivity index (χ4n) is 4.46. The van der Waals surface area contributed by atoms with Gasteiger partial charge < -0.3 is 15.1 Å². The Morgan fingerprint density at radius 2 is 1.87 bits per heavy atom. The summed E-state index contributed by atoms with van der Waals surface area (Å²) in [7, 11) is 0. The predicted octanol–water partition coefficient (Wildman–Crippen LogP) is 2.23. The molecule has 1 saturated carbocycles. The first kappa shape index (κ1) is 19.0. The number of hydrogen-bond donors (Lipinski definition) is 1. The third kappa shape index (κ3) is 3.64. The molecule has 2 aromatic rings. The van der Waals surface area contributed by atoms with Gasteiger partial charge in [0, 0.05) is 45.1 Å². The van der Waals surface area contributed by atoms with Crippen molar-refractivity contribution >= 4 is 17.6 Å². The van der Waals surface area contributed by atoms with Crippen molar-refractivity contribution in [1.29, 1.82) is 0 Å². The topological polar surface area (TPSA) is 78.4 Å². The van der Waals surface area contributed by atoms with Crippen LogP contribution in [0.2, 0.25) is 0 Å². The molecule has 3 fully saturated rings. The van der Waals surface area contributed by atoms with Crippen molar-refractivity contribution in [1.82, 2.24) is 20.2 Å². The van der Waals surface area contributed by atoms with Crippen molar-refractivity contribution in [3.05, 3.63) is 53.0 Å². The summed E-state index contributed by atoms with van der Waals surface area (Å²) in [4.78, 5) is 38.1. The molecule has 2 aliphatic heterocycles. The van der Waals surface area contributed by atoms with Crippen LogP contribution in [0, 0.1) is 6.92 Å².